The summed E-state index contributed by atoms with van der Waals surface area (Å²) >= 11 is 0. The van der Waals surface area contributed by atoms with E-state index in [1.54, 1.807) is 0 Å². The molecule has 0 unspecified atom stereocenters. The lowest BCUT2D eigenvalue weighted by Crippen LogP contribution is -2.34. The normalized spacial score (nSPS) is 12.0. The van der Waals surface area contributed by atoms with Crippen LogP contribution in [0.1, 0.15) is 0 Å². The molecule has 0 bridgehead atoms. The average Bonchev–Trinajstić information content (AvgIpc) is 2.23. The SMILES string of the molecule is CS(=O)(=O)N(CC(=O)O)c1ccc(OC(F)(F)F)cc1. The van der Waals surface area contributed by atoms with Crippen molar-refractivity contribution in [2.24, 2.45) is 0 Å². The van der Waals surface area contributed by atoms with Crippen LogP contribution in [0.2, 0.25) is 0 Å². The maximum absolute atomic E-state index is 12.0. The third kappa shape index (κ3) is 4.96. The highest BCUT2D eigenvalue weighted by molar-refractivity contribution is 7.92. The number of anilines is 1. The third-order valence-electron chi connectivity index (χ3n) is 2.04. The zero-order valence-corrected chi connectivity index (χ0v) is 10.9. The summed E-state index contributed by atoms with van der Waals surface area (Å²) in [5, 5.41) is 8.64. The zero-order chi connectivity index (χ0) is 15.6. The van der Waals surface area contributed by atoms with E-state index in [0.717, 1.165) is 30.5 Å². The Morgan fingerprint density at radius 1 is 1.30 bits per heavy atom. The van der Waals surface area contributed by atoms with Gasteiger partial charge in [0.1, 0.15) is 12.3 Å². The first kappa shape index (κ1) is 16.1. The molecule has 6 nitrogen and oxygen atoms in total. The molecule has 112 valence electrons. The summed E-state index contributed by atoms with van der Waals surface area (Å²) in [6.45, 7) is -0.835. The van der Waals surface area contributed by atoms with E-state index in [2.05, 4.69) is 4.74 Å². The van der Waals surface area contributed by atoms with Crippen molar-refractivity contribution < 1.29 is 36.2 Å². The number of ether oxygens (including phenoxy) is 1. The van der Waals surface area contributed by atoms with Crippen LogP contribution in [-0.2, 0) is 14.8 Å². The van der Waals surface area contributed by atoms with Crippen molar-refractivity contribution >= 4 is 21.7 Å². The molecule has 10 heteroatoms. The maximum Gasteiger partial charge on any atom is 0.573 e. The second-order valence-corrected chi connectivity index (χ2v) is 5.61. The molecular weight excluding hydrogens is 303 g/mol. The molecule has 1 N–H and O–H groups in total. The molecule has 0 amide bonds. The number of nitrogens with zero attached hydrogens (tertiary/aromatic N) is 1. The summed E-state index contributed by atoms with van der Waals surface area (Å²) in [5.74, 6) is -1.93. The van der Waals surface area contributed by atoms with Crippen molar-refractivity contribution in [1.82, 2.24) is 0 Å². The van der Waals surface area contributed by atoms with E-state index < -0.39 is 34.6 Å². The highest BCUT2D eigenvalue weighted by Crippen LogP contribution is 2.26. The van der Waals surface area contributed by atoms with Crippen molar-refractivity contribution in [2.45, 2.75) is 6.36 Å². The summed E-state index contributed by atoms with van der Waals surface area (Å²) in [7, 11) is -3.87. The fraction of sp³-hybridized carbons (Fsp3) is 0.300. The predicted molar refractivity (Wildman–Crippen MR) is 63.0 cm³/mol. The molecule has 1 rings (SSSR count). The number of aliphatic carboxylic acids is 1. The van der Waals surface area contributed by atoms with Crippen LogP contribution in [0.15, 0.2) is 24.3 Å². The Balaban J connectivity index is 3.03. The molecule has 0 saturated carbocycles. The number of sulfonamides is 1. The van der Waals surface area contributed by atoms with Gasteiger partial charge in [0, 0.05) is 0 Å². The van der Waals surface area contributed by atoms with Crippen LogP contribution < -0.4 is 9.04 Å². The molecule has 0 saturated heterocycles. The topological polar surface area (TPSA) is 83.9 Å². The van der Waals surface area contributed by atoms with E-state index in [1.165, 1.54) is 0 Å². The first-order chi connectivity index (χ1) is 8.99. The van der Waals surface area contributed by atoms with Gasteiger partial charge in [-0.2, -0.15) is 0 Å². The van der Waals surface area contributed by atoms with Crippen LogP contribution in [0.4, 0.5) is 18.9 Å². The summed E-state index contributed by atoms with van der Waals surface area (Å²) < 4.78 is 62.9. The molecule has 0 aromatic heterocycles. The number of carboxylic acid groups (broad SMARTS) is 1. The Hall–Kier alpha value is -1.97. The molecule has 0 aliphatic carbocycles. The molecule has 0 aliphatic heterocycles. The molecular formula is C10H10F3NO5S. The number of halogens is 3. The minimum absolute atomic E-state index is 0.0792. The summed E-state index contributed by atoms with van der Waals surface area (Å²) in [6.07, 6.45) is -4.07. The number of carbonyl (C=O) groups is 1. The second kappa shape index (κ2) is 5.57. The van der Waals surface area contributed by atoms with Crippen LogP contribution in [0.5, 0.6) is 5.75 Å². The van der Waals surface area contributed by atoms with Crippen molar-refractivity contribution in [3.05, 3.63) is 24.3 Å². The molecule has 20 heavy (non-hydrogen) atoms. The van der Waals surface area contributed by atoms with Gasteiger partial charge in [0.25, 0.3) is 0 Å². The van der Waals surface area contributed by atoms with Gasteiger partial charge >= 0.3 is 12.3 Å². The number of hydrogen-bond donors (Lipinski definition) is 1. The first-order valence-electron chi connectivity index (χ1n) is 5.04. The van der Waals surface area contributed by atoms with Crippen LogP contribution >= 0.6 is 0 Å². The molecule has 0 heterocycles. The van der Waals surface area contributed by atoms with Crippen molar-refractivity contribution in [1.29, 1.82) is 0 Å². The van der Waals surface area contributed by atoms with E-state index in [9.17, 15) is 26.4 Å². The monoisotopic (exact) mass is 313 g/mol. The lowest BCUT2D eigenvalue weighted by molar-refractivity contribution is -0.274. The molecule has 1 aromatic rings. The number of hydrogen-bond acceptors (Lipinski definition) is 4. The van der Waals surface area contributed by atoms with E-state index in [1.807, 2.05) is 0 Å². The molecule has 0 radical (unpaired) electrons. The Bertz CT molecular complexity index is 582. The smallest absolute Gasteiger partial charge is 0.480 e. The largest absolute Gasteiger partial charge is 0.573 e. The molecule has 0 atom stereocenters. The highest BCUT2D eigenvalue weighted by atomic mass is 32.2. The second-order valence-electron chi connectivity index (χ2n) is 3.71. The van der Waals surface area contributed by atoms with Gasteiger partial charge in [-0.3, -0.25) is 9.10 Å². The van der Waals surface area contributed by atoms with Gasteiger partial charge in [0.15, 0.2) is 0 Å². The van der Waals surface area contributed by atoms with Gasteiger partial charge in [-0.1, -0.05) is 0 Å². The summed E-state index contributed by atoms with van der Waals surface area (Å²) in [6, 6.07) is 3.82. The van der Waals surface area contributed by atoms with E-state index >= 15 is 0 Å². The Labute approximate surface area is 112 Å². The van der Waals surface area contributed by atoms with Gasteiger partial charge in [-0.05, 0) is 24.3 Å². The number of alkyl halides is 3. The van der Waals surface area contributed by atoms with E-state index in [4.69, 9.17) is 5.11 Å². The van der Waals surface area contributed by atoms with Gasteiger partial charge < -0.3 is 9.84 Å². The Morgan fingerprint density at radius 2 is 1.80 bits per heavy atom. The summed E-state index contributed by atoms with van der Waals surface area (Å²) in [5.41, 5.74) is -0.0792. The number of rotatable bonds is 5. The lowest BCUT2D eigenvalue weighted by Gasteiger charge is -2.20. The van der Waals surface area contributed by atoms with E-state index in [-0.39, 0.29) is 5.69 Å². The number of carboxylic acids is 1. The van der Waals surface area contributed by atoms with Crippen LogP contribution in [0.3, 0.4) is 0 Å². The third-order valence-corrected chi connectivity index (χ3v) is 3.18. The van der Waals surface area contributed by atoms with Crippen LogP contribution in [0.25, 0.3) is 0 Å². The fourth-order valence-corrected chi connectivity index (χ4v) is 2.19. The van der Waals surface area contributed by atoms with Crippen LogP contribution in [-0.4, -0.2) is 38.7 Å². The van der Waals surface area contributed by atoms with Gasteiger partial charge in [0.2, 0.25) is 10.0 Å². The maximum atomic E-state index is 12.0. The quantitative estimate of drug-likeness (QED) is 0.889. The summed E-state index contributed by atoms with van der Waals surface area (Å²) in [4.78, 5) is 10.6. The molecule has 0 aliphatic rings. The lowest BCUT2D eigenvalue weighted by atomic mass is 10.3. The molecule has 1 aromatic carbocycles. The van der Waals surface area contributed by atoms with Gasteiger partial charge in [-0.15, -0.1) is 13.2 Å². The molecule has 0 fully saturated rings. The van der Waals surface area contributed by atoms with Gasteiger partial charge in [0.05, 0.1) is 11.9 Å². The van der Waals surface area contributed by atoms with Gasteiger partial charge in [-0.25, -0.2) is 8.42 Å². The zero-order valence-electron chi connectivity index (χ0n) is 10.1. The van der Waals surface area contributed by atoms with Crippen molar-refractivity contribution in [3.8, 4) is 5.75 Å². The highest BCUT2D eigenvalue weighted by Gasteiger charge is 2.31. The fourth-order valence-electron chi connectivity index (χ4n) is 1.34. The Kier molecular flexibility index (Phi) is 4.48. The van der Waals surface area contributed by atoms with Crippen LogP contribution in [0, 0.1) is 0 Å². The predicted octanol–water partition coefficient (Wildman–Crippen LogP) is 1.44. The van der Waals surface area contributed by atoms with Crippen molar-refractivity contribution in [2.75, 3.05) is 17.1 Å². The minimum atomic E-state index is -4.86. The molecule has 0 spiro atoms. The average molecular weight is 313 g/mol. The Morgan fingerprint density at radius 3 is 2.15 bits per heavy atom. The van der Waals surface area contributed by atoms with Crippen molar-refractivity contribution in [3.63, 3.8) is 0 Å². The standard InChI is InChI=1S/C10H10F3NO5S/c1-20(17,18)14(6-9(15)16)7-2-4-8(5-3-7)19-10(11,12)13/h2-5H,6H2,1H3,(H,15,16). The van der Waals surface area contributed by atoms with E-state index in [0.29, 0.717) is 4.31 Å². The number of benzene rings is 1. The minimum Gasteiger partial charge on any atom is -0.480 e. The first-order valence-corrected chi connectivity index (χ1v) is 6.89.